The molecule has 0 amide bonds. The SMILES string of the molecule is NCCN1CCCN(S(=O)(=O)CC2CCCO2)CC1. The van der Waals surface area contributed by atoms with Gasteiger partial charge in [0.25, 0.3) is 0 Å². The van der Waals surface area contributed by atoms with Crippen LogP contribution in [-0.4, -0.2) is 75.4 Å². The molecule has 2 aliphatic rings. The minimum atomic E-state index is -3.18. The van der Waals surface area contributed by atoms with Gasteiger partial charge in [-0.3, -0.25) is 0 Å². The van der Waals surface area contributed by atoms with Gasteiger partial charge in [0.2, 0.25) is 10.0 Å². The Morgan fingerprint density at radius 1 is 1.16 bits per heavy atom. The molecule has 0 radical (unpaired) electrons. The molecule has 0 bridgehead atoms. The van der Waals surface area contributed by atoms with E-state index in [1.54, 1.807) is 4.31 Å². The molecule has 2 heterocycles. The lowest BCUT2D eigenvalue weighted by Gasteiger charge is -2.22. The van der Waals surface area contributed by atoms with Crippen LogP contribution in [0, 0.1) is 0 Å². The highest BCUT2D eigenvalue weighted by atomic mass is 32.2. The first-order chi connectivity index (χ1) is 9.12. The van der Waals surface area contributed by atoms with E-state index in [0.29, 0.717) is 26.2 Å². The maximum atomic E-state index is 12.4. The number of hydrogen-bond acceptors (Lipinski definition) is 5. The smallest absolute Gasteiger partial charge is 0.216 e. The maximum Gasteiger partial charge on any atom is 0.216 e. The second-order valence-corrected chi connectivity index (χ2v) is 7.31. The summed E-state index contributed by atoms with van der Waals surface area (Å²) in [5.74, 6) is 0.143. The van der Waals surface area contributed by atoms with E-state index in [1.807, 2.05) is 0 Å². The number of hydrogen-bond donors (Lipinski definition) is 1. The lowest BCUT2D eigenvalue weighted by molar-refractivity contribution is 0.126. The Labute approximate surface area is 115 Å². The van der Waals surface area contributed by atoms with Crippen LogP contribution in [0.5, 0.6) is 0 Å². The number of ether oxygens (including phenoxy) is 1. The van der Waals surface area contributed by atoms with Gasteiger partial charge in [0, 0.05) is 39.3 Å². The van der Waals surface area contributed by atoms with Gasteiger partial charge in [0.05, 0.1) is 11.9 Å². The summed E-state index contributed by atoms with van der Waals surface area (Å²) in [5, 5.41) is 0. The van der Waals surface area contributed by atoms with Crippen molar-refractivity contribution in [3.05, 3.63) is 0 Å². The Balaban J connectivity index is 1.88. The zero-order valence-electron chi connectivity index (χ0n) is 11.5. The quantitative estimate of drug-likeness (QED) is 0.736. The first kappa shape index (κ1) is 15.2. The van der Waals surface area contributed by atoms with E-state index in [4.69, 9.17) is 10.5 Å². The van der Waals surface area contributed by atoms with Gasteiger partial charge in [-0.2, -0.15) is 0 Å². The number of sulfonamides is 1. The highest BCUT2D eigenvalue weighted by Crippen LogP contribution is 2.17. The van der Waals surface area contributed by atoms with Crippen LogP contribution in [0.2, 0.25) is 0 Å². The Hall–Kier alpha value is -0.210. The van der Waals surface area contributed by atoms with Crippen LogP contribution >= 0.6 is 0 Å². The summed E-state index contributed by atoms with van der Waals surface area (Å²) < 4.78 is 31.8. The Morgan fingerprint density at radius 3 is 2.68 bits per heavy atom. The second kappa shape index (κ2) is 6.99. The average molecular weight is 291 g/mol. The van der Waals surface area contributed by atoms with E-state index in [1.165, 1.54) is 0 Å². The summed E-state index contributed by atoms with van der Waals surface area (Å²) in [7, 11) is -3.18. The third-order valence-corrected chi connectivity index (χ3v) is 5.75. The fourth-order valence-electron chi connectivity index (χ4n) is 2.75. The molecule has 112 valence electrons. The molecule has 0 aromatic carbocycles. The number of nitrogens with zero attached hydrogens (tertiary/aromatic N) is 2. The zero-order chi connectivity index (χ0) is 13.7. The molecular weight excluding hydrogens is 266 g/mol. The van der Waals surface area contributed by atoms with Crippen LogP contribution in [-0.2, 0) is 14.8 Å². The first-order valence-corrected chi connectivity index (χ1v) is 8.74. The lowest BCUT2D eigenvalue weighted by Crippen LogP contribution is -2.39. The summed E-state index contributed by atoms with van der Waals surface area (Å²) in [6, 6.07) is 0. The molecule has 2 N–H and O–H groups in total. The summed E-state index contributed by atoms with van der Waals surface area (Å²) in [5.41, 5.74) is 5.55. The molecule has 1 unspecified atom stereocenters. The van der Waals surface area contributed by atoms with Crippen molar-refractivity contribution < 1.29 is 13.2 Å². The van der Waals surface area contributed by atoms with Gasteiger partial charge < -0.3 is 15.4 Å². The molecule has 19 heavy (non-hydrogen) atoms. The van der Waals surface area contributed by atoms with Crippen molar-refractivity contribution in [2.24, 2.45) is 5.73 Å². The molecule has 7 heteroatoms. The first-order valence-electron chi connectivity index (χ1n) is 7.13. The van der Waals surface area contributed by atoms with Crippen molar-refractivity contribution in [3.63, 3.8) is 0 Å². The topological polar surface area (TPSA) is 75.9 Å². The molecule has 1 atom stereocenters. The van der Waals surface area contributed by atoms with Crippen molar-refractivity contribution in [3.8, 4) is 0 Å². The van der Waals surface area contributed by atoms with E-state index in [0.717, 1.165) is 38.9 Å². The van der Waals surface area contributed by atoms with Gasteiger partial charge >= 0.3 is 0 Å². The standard InChI is InChI=1S/C12H25N3O3S/c13-4-7-14-5-2-6-15(9-8-14)19(16,17)11-12-3-1-10-18-12/h12H,1-11,13H2. The van der Waals surface area contributed by atoms with Crippen molar-refractivity contribution in [1.82, 2.24) is 9.21 Å². The minimum Gasteiger partial charge on any atom is -0.377 e. The largest absolute Gasteiger partial charge is 0.377 e. The molecule has 2 rings (SSSR count). The van der Waals surface area contributed by atoms with Crippen LogP contribution in [0.1, 0.15) is 19.3 Å². The van der Waals surface area contributed by atoms with E-state index in [9.17, 15) is 8.42 Å². The highest BCUT2D eigenvalue weighted by Gasteiger charge is 2.29. The maximum absolute atomic E-state index is 12.4. The molecule has 0 aromatic heterocycles. The van der Waals surface area contributed by atoms with Crippen molar-refractivity contribution >= 4 is 10.0 Å². The van der Waals surface area contributed by atoms with Crippen LogP contribution < -0.4 is 5.73 Å². The van der Waals surface area contributed by atoms with E-state index >= 15 is 0 Å². The van der Waals surface area contributed by atoms with Crippen LogP contribution in [0.25, 0.3) is 0 Å². The zero-order valence-corrected chi connectivity index (χ0v) is 12.3. The molecule has 0 saturated carbocycles. The molecular formula is C12H25N3O3S. The van der Waals surface area contributed by atoms with Crippen LogP contribution in [0.3, 0.4) is 0 Å². The third-order valence-electron chi connectivity index (χ3n) is 3.81. The molecule has 6 nitrogen and oxygen atoms in total. The fraction of sp³-hybridized carbons (Fsp3) is 1.00. The van der Waals surface area contributed by atoms with Gasteiger partial charge in [-0.15, -0.1) is 0 Å². The molecule has 0 spiro atoms. The molecule has 0 aliphatic carbocycles. The third kappa shape index (κ3) is 4.39. The summed E-state index contributed by atoms with van der Waals surface area (Å²) >= 11 is 0. The van der Waals surface area contributed by atoms with Crippen LogP contribution in [0.15, 0.2) is 0 Å². The predicted molar refractivity (Wildman–Crippen MR) is 74.4 cm³/mol. The Kier molecular flexibility index (Phi) is 5.58. The fourth-order valence-corrected chi connectivity index (χ4v) is 4.46. The predicted octanol–water partition coefficient (Wildman–Crippen LogP) is -0.538. The van der Waals surface area contributed by atoms with E-state index < -0.39 is 10.0 Å². The van der Waals surface area contributed by atoms with Gasteiger partial charge in [-0.1, -0.05) is 0 Å². The Bertz CT molecular complexity index is 368. The van der Waals surface area contributed by atoms with Gasteiger partial charge in [0.1, 0.15) is 0 Å². The van der Waals surface area contributed by atoms with Gasteiger partial charge in [0.15, 0.2) is 0 Å². The summed E-state index contributed by atoms with van der Waals surface area (Å²) in [6.07, 6.45) is 2.62. The second-order valence-electron chi connectivity index (χ2n) is 5.30. The molecule has 2 saturated heterocycles. The van der Waals surface area contributed by atoms with Gasteiger partial charge in [-0.05, 0) is 25.8 Å². The minimum absolute atomic E-state index is 0.103. The van der Waals surface area contributed by atoms with E-state index in [2.05, 4.69) is 4.90 Å². The molecule has 2 fully saturated rings. The van der Waals surface area contributed by atoms with E-state index in [-0.39, 0.29) is 11.9 Å². The molecule has 2 aliphatic heterocycles. The average Bonchev–Trinajstić information content (AvgIpc) is 2.73. The summed E-state index contributed by atoms with van der Waals surface area (Å²) in [4.78, 5) is 2.24. The lowest BCUT2D eigenvalue weighted by atomic mass is 10.3. The van der Waals surface area contributed by atoms with Gasteiger partial charge in [-0.25, -0.2) is 12.7 Å². The Morgan fingerprint density at radius 2 is 2.00 bits per heavy atom. The molecule has 0 aromatic rings. The normalized spacial score (nSPS) is 27.5. The monoisotopic (exact) mass is 291 g/mol. The van der Waals surface area contributed by atoms with Crippen molar-refractivity contribution in [2.75, 3.05) is 51.6 Å². The summed E-state index contributed by atoms with van der Waals surface area (Å²) in [6.45, 7) is 5.09. The van der Waals surface area contributed by atoms with Crippen LogP contribution in [0.4, 0.5) is 0 Å². The number of rotatable bonds is 5. The van der Waals surface area contributed by atoms with Crippen molar-refractivity contribution in [1.29, 1.82) is 0 Å². The highest BCUT2D eigenvalue weighted by molar-refractivity contribution is 7.89. The van der Waals surface area contributed by atoms with Crippen molar-refractivity contribution in [2.45, 2.75) is 25.4 Å². The number of nitrogens with two attached hydrogens (primary N) is 1.